The molecule has 0 amide bonds. The van der Waals surface area contributed by atoms with Gasteiger partial charge < -0.3 is 15.8 Å². The molecule has 0 aromatic rings. The lowest BCUT2D eigenvalue weighted by Crippen LogP contribution is -2.21. The number of nitrogens with one attached hydrogen (secondary N) is 1. The monoisotopic (exact) mass is 230 g/mol. The van der Waals surface area contributed by atoms with Gasteiger partial charge in [-0.25, -0.2) is 0 Å². The van der Waals surface area contributed by atoms with Crippen LogP contribution in [0.1, 0.15) is 46.0 Å². The summed E-state index contributed by atoms with van der Waals surface area (Å²) < 4.78 is 5.49. The first-order valence-electron chi connectivity index (χ1n) is 6.79. The number of hydrogen-bond donors (Lipinski definition) is 2. The fourth-order valence-corrected chi connectivity index (χ4v) is 1.39. The molecule has 0 heterocycles. The van der Waals surface area contributed by atoms with Gasteiger partial charge in [0, 0.05) is 13.2 Å². The molecule has 0 radical (unpaired) electrons. The maximum absolute atomic E-state index is 5.55. The zero-order valence-corrected chi connectivity index (χ0v) is 11.1. The van der Waals surface area contributed by atoms with E-state index in [-0.39, 0.29) is 0 Å². The van der Waals surface area contributed by atoms with Crippen molar-refractivity contribution in [2.75, 3.05) is 32.8 Å². The molecule has 0 bridgehead atoms. The Morgan fingerprint density at radius 2 is 1.88 bits per heavy atom. The third kappa shape index (κ3) is 12.0. The van der Waals surface area contributed by atoms with Crippen LogP contribution in [0, 0.1) is 5.92 Å². The molecule has 0 fully saturated rings. The lowest BCUT2D eigenvalue weighted by atomic mass is 10.1. The molecule has 0 saturated heterocycles. The Labute approximate surface area is 101 Å². The van der Waals surface area contributed by atoms with E-state index in [0.29, 0.717) is 5.92 Å². The largest absolute Gasteiger partial charge is 0.381 e. The van der Waals surface area contributed by atoms with Gasteiger partial charge in [0.25, 0.3) is 0 Å². The molecular formula is C13H30N2O. The summed E-state index contributed by atoms with van der Waals surface area (Å²) in [6, 6.07) is 0. The highest BCUT2D eigenvalue weighted by molar-refractivity contribution is 4.56. The highest BCUT2D eigenvalue weighted by atomic mass is 16.5. The van der Waals surface area contributed by atoms with Crippen LogP contribution in [0.25, 0.3) is 0 Å². The summed E-state index contributed by atoms with van der Waals surface area (Å²) in [5.41, 5.74) is 5.55. The minimum absolute atomic E-state index is 0.643. The first kappa shape index (κ1) is 15.9. The van der Waals surface area contributed by atoms with Gasteiger partial charge in [-0.2, -0.15) is 0 Å². The Morgan fingerprint density at radius 3 is 2.56 bits per heavy atom. The number of hydrogen-bond acceptors (Lipinski definition) is 3. The van der Waals surface area contributed by atoms with Crippen molar-refractivity contribution in [2.45, 2.75) is 46.0 Å². The topological polar surface area (TPSA) is 47.3 Å². The molecular weight excluding hydrogens is 200 g/mol. The van der Waals surface area contributed by atoms with E-state index in [2.05, 4.69) is 19.2 Å². The highest BCUT2D eigenvalue weighted by Crippen LogP contribution is 1.96. The first-order chi connectivity index (χ1) is 7.81. The maximum Gasteiger partial charge on any atom is 0.0466 e. The van der Waals surface area contributed by atoms with Crippen molar-refractivity contribution in [1.29, 1.82) is 0 Å². The van der Waals surface area contributed by atoms with Crippen molar-refractivity contribution in [2.24, 2.45) is 11.7 Å². The van der Waals surface area contributed by atoms with Gasteiger partial charge in [0.2, 0.25) is 0 Å². The van der Waals surface area contributed by atoms with E-state index in [4.69, 9.17) is 10.5 Å². The minimum atomic E-state index is 0.643. The van der Waals surface area contributed by atoms with E-state index in [0.717, 1.165) is 32.8 Å². The third-order valence-corrected chi connectivity index (χ3v) is 2.75. The van der Waals surface area contributed by atoms with Crippen LogP contribution in [0.15, 0.2) is 0 Å². The Hall–Kier alpha value is -0.120. The molecule has 0 spiro atoms. The van der Waals surface area contributed by atoms with Gasteiger partial charge >= 0.3 is 0 Å². The summed E-state index contributed by atoms with van der Waals surface area (Å²) in [5, 5.41) is 3.44. The van der Waals surface area contributed by atoms with Crippen LogP contribution in [0.5, 0.6) is 0 Å². The minimum Gasteiger partial charge on any atom is -0.381 e. The van der Waals surface area contributed by atoms with Crippen LogP contribution in [-0.4, -0.2) is 32.8 Å². The summed E-state index contributed by atoms with van der Waals surface area (Å²) in [5.74, 6) is 0.643. The zero-order chi connectivity index (χ0) is 12.1. The van der Waals surface area contributed by atoms with Crippen molar-refractivity contribution < 1.29 is 4.74 Å². The van der Waals surface area contributed by atoms with E-state index in [9.17, 15) is 0 Å². The van der Waals surface area contributed by atoms with Crippen LogP contribution in [-0.2, 0) is 4.74 Å². The van der Waals surface area contributed by atoms with Crippen molar-refractivity contribution >= 4 is 0 Å². The Kier molecular flexibility index (Phi) is 12.9. The quantitative estimate of drug-likeness (QED) is 0.505. The molecule has 1 unspecified atom stereocenters. The molecule has 0 aliphatic rings. The molecule has 16 heavy (non-hydrogen) atoms. The van der Waals surface area contributed by atoms with E-state index >= 15 is 0 Å². The second kappa shape index (κ2) is 12.9. The van der Waals surface area contributed by atoms with Crippen LogP contribution >= 0.6 is 0 Å². The van der Waals surface area contributed by atoms with Crippen molar-refractivity contribution in [3.8, 4) is 0 Å². The van der Waals surface area contributed by atoms with Crippen LogP contribution < -0.4 is 11.1 Å². The summed E-state index contributed by atoms with van der Waals surface area (Å²) in [4.78, 5) is 0. The Balaban J connectivity index is 2.93. The third-order valence-electron chi connectivity index (χ3n) is 2.75. The van der Waals surface area contributed by atoms with Gasteiger partial charge in [-0.15, -0.1) is 0 Å². The molecule has 0 aliphatic carbocycles. The van der Waals surface area contributed by atoms with Crippen molar-refractivity contribution in [3.63, 3.8) is 0 Å². The SMILES string of the molecule is CCCCOCCCCNCCC(C)CN. The average Bonchev–Trinajstić information content (AvgIpc) is 2.31. The molecule has 0 rings (SSSR count). The molecule has 0 saturated carbocycles. The fourth-order valence-electron chi connectivity index (χ4n) is 1.39. The number of unbranched alkanes of at least 4 members (excludes halogenated alkanes) is 2. The molecule has 3 nitrogen and oxygen atoms in total. The molecule has 3 N–H and O–H groups in total. The highest BCUT2D eigenvalue weighted by Gasteiger charge is 1.97. The molecule has 0 aromatic carbocycles. The molecule has 3 heteroatoms. The predicted octanol–water partition coefficient (Wildman–Crippen LogP) is 2.16. The van der Waals surface area contributed by atoms with Gasteiger partial charge in [0.05, 0.1) is 0 Å². The van der Waals surface area contributed by atoms with Gasteiger partial charge in [0.15, 0.2) is 0 Å². The van der Waals surface area contributed by atoms with Crippen molar-refractivity contribution in [3.05, 3.63) is 0 Å². The Morgan fingerprint density at radius 1 is 1.12 bits per heavy atom. The van der Waals surface area contributed by atoms with Gasteiger partial charge in [0.1, 0.15) is 0 Å². The predicted molar refractivity (Wildman–Crippen MR) is 70.7 cm³/mol. The summed E-state index contributed by atoms with van der Waals surface area (Å²) in [6.07, 6.45) is 5.98. The lowest BCUT2D eigenvalue weighted by Gasteiger charge is -2.09. The fraction of sp³-hybridized carbons (Fsp3) is 1.00. The standard InChI is InChI=1S/C13H30N2O/c1-3-4-10-16-11-6-5-8-15-9-7-13(2)12-14/h13,15H,3-12,14H2,1-2H3. The van der Waals surface area contributed by atoms with E-state index in [1.807, 2.05) is 0 Å². The van der Waals surface area contributed by atoms with E-state index < -0.39 is 0 Å². The molecule has 98 valence electrons. The van der Waals surface area contributed by atoms with Crippen LogP contribution in [0.3, 0.4) is 0 Å². The number of nitrogens with two attached hydrogens (primary N) is 1. The number of ether oxygens (including phenoxy) is 1. The smallest absolute Gasteiger partial charge is 0.0466 e. The second-order valence-electron chi connectivity index (χ2n) is 4.55. The van der Waals surface area contributed by atoms with Gasteiger partial charge in [-0.3, -0.25) is 0 Å². The number of rotatable bonds is 12. The summed E-state index contributed by atoms with van der Waals surface area (Å²) >= 11 is 0. The zero-order valence-electron chi connectivity index (χ0n) is 11.1. The van der Waals surface area contributed by atoms with E-state index in [1.54, 1.807) is 0 Å². The molecule has 0 aromatic heterocycles. The maximum atomic E-state index is 5.55. The molecule has 1 atom stereocenters. The summed E-state index contributed by atoms with van der Waals surface area (Å²) in [6.45, 7) is 9.23. The van der Waals surface area contributed by atoms with Crippen molar-refractivity contribution in [1.82, 2.24) is 5.32 Å². The second-order valence-corrected chi connectivity index (χ2v) is 4.55. The summed E-state index contributed by atoms with van der Waals surface area (Å²) in [7, 11) is 0. The lowest BCUT2D eigenvalue weighted by molar-refractivity contribution is 0.127. The van der Waals surface area contributed by atoms with E-state index in [1.165, 1.54) is 32.1 Å². The van der Waals surface area contributed by atoms with Gasteiger partial charge in [-0.05, 0) is 51.2 Å². The van der Waals surface area contributed by atoms with Crippen LogP contribution in [0.4, 0.5) is 0 Å². The Bertz CT molecular complexity index is 131. The molecule has 0 aliphatic heterocycles. The first-order valence-corrected chi connectivity index (χ1v) is 6.79. The normalized spacial score (nSPS) is 12.9. The van der Waals surface area contributed by atoms with Crippen LogP contribution in [0.2, 0.25) is 0 Å². The van der Waals surface area contributed by atoms with Gasteiger partial charge in [-0.1, -0.05) is 20.3 Å². The average molecular weight is 230 g/mol.